The number of halogens is 1. The Morgan fingerprint density at radius 1 is 1.36 bits per heavy atom. The van der Waals surface area contributed by atoms with Gasteiger partial charge in [-0.3, -0.25) is 0 Å². The van der Waals surface area contributed by atoms with Crippen LogP contribution in [0.15, 0.2) is 0 Å². The first kappa shape index (κ1) is 14.1. The van der Waals surface area contributed by atoms with E-state index in [0.29, 0.717) is 19.6 Å². The molecular formula is C7H18ClN3O2S. The van der Waals surface area contributed by atoms with Crippen molar-refractivity contribution in [2.75, 3.05) is 39.8 Å². The highest BCUT2D eigenvalue weighted by Crippen LogP contribution is 2.06. The fourth-order valence-corrected chi connectivity index (χ4v) is 2.60. The van der Waals surface area contributed by atoms with Crippen LogP contribution < -0.4 is 5.32 Å². The Bertz CT molecular complexity index is 252. The molecule has 1 aliphatic rings. The van der Waals surface area contributed by atoms with Crippen molar-refractivity contribution >= 4 is 22.6 Å². The predicted molar refractivity (Wildman–Crippen MR) is 58.9 cm³/mol. The summed E-state index contributed by atoms with van der Waals surface area (Å²) in [6, 6.07) is 0. The first-order valence-corrected chi connectivity index (χ1v) is 5.91. The number of nitrogens with zero attached hydrogens (tertiary/aromatic N) is 2. The van der Waals surface area contributed by atoms with E-state index in [9.17, 15) is 8.42 Å². The van der Waals surface area contributed by atoms with Crippen molar-refractivity contribution < 1.29 is 8.42 Å². The van der Waals surface area contributed by atoms with Crippen LogP contribution in [-0.2, 0) is 10.2 Å². The largest absolute Gasteiger partial charge is 0.314 e. The minimum Gasteiger partial charge on any atom is -0.314 e. The molecule has 0 aromatic carbocycles. The van der Waals surface area contributed by atoms with Gasteiger partial charge < -0.3 is 5.32 Å². The Balaban J connectivity index is 0.00000169. The Morgan fingerprint density at radius 2 is 1.86 bits per heavy atom. The Labute approximate surface area is 92.0 Å². The van der Waals surface area contributed by atoms with Crippen LogP contribution in [0, 0.1) is 0 Å². The van der Waals surface area contributed by atoms with Gasteiger partial charge in [0.2, 0.25) is 0 Å². The van der Waals surface area contributed by atoms with Crippen molar-refractivity contribution in [2.45, 2.75) is 6.92 Å². The second-order valence-corrected chi connectivity index (χ2v) is 5.11. The lowest BCUT2D eigenvalue weighted by atomic mass is 10.4. The van der Waals surface area contributed by atoms with Crippen molar-refractivity contribution in [1.29, 1.82) is 0 Å². The molecule has 86 valence electrons. The van der Waals surface area contributed by atoms with Crippen LogP contribution in [-0.4, -0.2) is 56.8 Å². The number of rotatable bonds is 3. The molecule has 0 aromatic heterocycles. The fraction of sp³-hybridized carbons (Fsp3) is 1.00. The average molecular weight is 244 g/mol. The van der Waals surface area contributed by atoms with Gasteiger partial charge >= 0.3 is 0 Å². The summed E-state index contributed by atoms with van der Waals surface area (Å²) >= 11 is 0. The Kier molecular flexibility index (Phi) is 5.92. The third-order valence-electron chi connectivity index (χ3n) is 2.24. The van der Waals surface area contributed by atoms with Crippen LogP contribution in [0.1, 0.15) is 6.92 Å². The summed E-state index contributed by atoms with van der Waals surface area (Å²) in [6.07, 6.45) is 0. The number of hydrogen-bond donors (Lipinski definition) is 1. The topological polar surface area (TPSA) is 52.7 Å². The van der Waals surface area contributed by atoms with Gasteiger partial charge in [-0.2, -0.15) is 17.0 Å². The first-order valence-electron chi connectivity index (χ1n) is 4.51. The highest BCUT2D eigenvalue weighted by Gasteiger charge is 2.26. The average Bonchev–Trinajstić information content (AvgIpc) is 2.18. The van der Waals surface area contributed by atoms with Gasteiger partial charge in [-0.25, -0.2) is 0 Å². The molecule has 0 atom stereocenters. The zero-order valence-corrected chi connectivity index (χ0v) is 10.2. The molecule has 1 heterocycles. The van der Waals surface area contributed by atoms with Crippen molar-refractivity contribution in [3.05, 3.63) is 0 Å². The van der Waals surface area contributed by atoms with Crippen LogP contribution in [0.4, 0.5) is 0 Å². The van der Waals surface area contributed by atoms with Crippen LogP contribution >= 0.6 is 12.4 Å². The molecule has 0 aliphatic carbocycles. The number of nitrogens with one attached hydrogen (secondary N) is 1. The maximum atomic E-state index is 11.7. The minimum atomic E-state index is -3.19. The summed E-state index contributed by atoms with van der Waals surface area (Å²) in [5.74, 6) is 0. The molecule has 0 radical (unpaired) electrons. The molecule has 1 N–H and O–H groups in total. The van der Waals surface area contributed by atoms with E-state index in [-0.39, 0.29) is 12.4 Å². The van der Waals surface area contributed by atoms with E-state index in [0.717, 1.165) is 13.1 Å². The maximum Gasteiger partial charge on any atom is 0.281 e. The highest BCUT2D eigenvalue weighted by atomic mass is 35.5. The van der Waals surface area contributed by atoms with E-state index < -0.39 is 10.2 Å². The van der Waals surface area contributed by atoms with Crippen molar-refractivity contribution in [3.8, 4) is 0 Å². The molecule has 0 spiro atoms. The Morgan fingerprint density at radius 3 is 2.29 bits per heavy atom. The lowest BCUT2D eigenvalue weighted by molar-refractivity contribution is 0.329. The highest BCUT2D eigenvalue weighted by molar-refractivity contribution is 7.86. The lowest BCUT2D eigenvalue weighted by Crippen LogP contribution is -2.50. The van der Waals surface area contributed by atoms with Gasteiger partial charge in [0, 0.05) is 39.8 Å². The lowest BCUT2D eigenvalue weighted by Gasteiger charge is -2.29. The zero-order chi connectivity index (χ0) is 9.90. The monoisotopic (exact) mass is 243 g/mol. The van der Waals surface area contributed by atoms with Crippen molar-refractivity contribution in [2.24, 2.45) is 0 Å². The molecule has 0 bridgehead atoms. The van der Waals surface area contributed by atoms with Crippen LogP contribution in [0.2, 0.25) is 0 Å². The molecule has 0 unspecified atom stereocenters. The summed E-state index contributed by atoms with van der Waals surface area (Å²) in [4.78, 5) is 0. The number of piperazine rings is 1. The van der Waals surface area contributed by atoms with Crippen molar-refractivity contribution in [1.82, 2.24) is 13.9 Å². The summed E-state index contributed by atoms with van der Waals surface area (Å²) in [5, 5.41) is 3.12. The summed E-state index contributed by atoms with van der Waals surface area (Å²) in [7, 11) is -1.58. The third-order valence-corrected chi connectivity index (χ3v) is 4.31. The van der Waals surface area contributed by atoms with Gasteiger partial charge in [-0.1, -0.05) is 6.92 Å². The van der Waals surface area contributed by atoms with E-state index >= 15 is 0 Å². The molecule has 1 saturated heterocycles. The Hall–Kier alpha value is 0.120. The van der Waals surface area contributed by atoms with Gasteiger partial charge in [0.15, 0.2) is 0 Å². The zero-order valence-electron chi connectivity index (χ0n) is 8.56. The van der Waals surface area contributed by atoms with Gasteiger partial charge in [-0.15, -0.1) is 12.4 Å². The normalized spacial score (nSPS) is 19.4. The molecule has 7 heteroatoms. The molecule has 1 aliphatic heterocycles. The predicted octanol–water partition coefficient (Wildman–Crippen LogP) is -0.490. The molecular weight excluding hydrogens is 226 g/mol. The molecule has 0 aromatic rings. The van der Waals surface area contributed by atoms with Crippen LogP contribution in [0.25, 0.3) is 0 Å². The molecule has 5 nitrogen and oxygen atoms in total. The molecule has 1 rings (SSSR count). The van der Waals surface area contributed by atoms with E-state index in [1.165, 1.54) is 8.61 Å². The molecule has 0 amide bonds. The first-order chi connectivity index (χ1) is 6.09. The second-order valence-electron chi connectivity index (χ2n) is 3.07. The molecule has 1 fully saturated rings. The van der Waals surface area contributed by atoms with E-state index in [2.05, 4.69) is 5.32 Å². The van der Waals surface area contributed by atoms with E-state index in [1.54, 1.807) is 7.05 Å². The number of hydrogen-bond acceptors (Lipinski definition) is 3. The van der Waals surface area contributed by atoms with Crippen LogP contribution in [0.5, 0.6) is 0 Å². The maximum absolute atomic E-state index is 11.7. The van der Waals surface area contributed by atoms with Gasteiger partial charge in [0.25, 0.3) is 10.2 Å². The smallest absolute Gasteiger partial charge is 0.281 e. The molecule has 0 saturated carbocycles. The summed E-state index contributed by atoms with van der Waals surface area (Å²) < 4.78 is 26.4. The van der Waals surface area contributed by atoms with E-state index in [4.69, 9.17) is 0 Å². The molecule has 14 heavy (non-hydrogen) atoms. The van der Waals surface area contributed by atoms with Crippen LogP contribution in [0.3, 0.4) is 0 Å². The summed E-state index contributed by atoms with van der Waals surface area (Å²) in [6.45, 7) is 5.00. The third kappa shape index (κ3) is 3.06. The second kappa shape index (κ2) is 5.87. The summed E-state index contributed by atoms with van der Waals surface area (Å²) in [5.41, 5.74) is 0. The fourth-order valence-electron chi connectivity index (χ4n) is 1.24. The van der Waals surface area contributed by atoms with E-state index in [1.807, 2.05) is 6.92 Å². The van der Waals surface area contributed by atoms with Gasteiger partial charge in [0.1, 0.15) is 0 Å². The van der Waals surface area contributed by atoms with Gasteiger partial charge in [-0.05, 0) is 0 Å². The quantitative estimate of drug-likeness (QED) is 0.728. The SMILES string of the molecule is CCN(C)S(=O)(=O)N1CCNCC1.Cl. The minimum absolute atomic E-state index is 0. The van der Waals surface area contributed by atoms with Gasteiger partial charge in [0.05, 0.1) is 0 Å². The van der Waals surface area contributed by atoms with Crippen molar-refractivity contribution in [3.63, 3.8) is 0 Å². The standard InChI is InChI=1S/C7H17N3O2S.ClH/c1-3-9(2)13(11,12)10-6-4-8-5-7-10;/h8H,3-7H2,1-2H3;1H.